The molecule has 1 heterocycles. The van der Waals surface area contributed by atoms with Gasteiger partial charge in [0, 0.05) is 0 Å². The lowest BCUT2D eigenvalue weighted by atomic mass is 10.5. The van der Waals surface area contributed by atoms with Gasteiger partial charge in [-0.25, -0.2) is 4.39 Å². The van der Waals surface area contributed by atoms with E-state index < -0.39 is 14.4 Å². The van der Waals surface area contributed by atoms with Crippen molar-refractivity contribution < 1.29 is 9.13 Å². The van der Waals surface area contributed by atoms with Gasteiger partial charge in [-0.1, -0.05) is 46.7 Å². The Morgan fingerprint density at radius 1 is 1.12 bits per heavy atom. The summed E-state index contributed by atoms with van der Waals surface area (Å²) >= 11 is 0. The van der Waals surface area contributed by atoms with Gasteiger partial charge in [-0.3, -0.25) is 0 Å². The minimum atomic E-state index is -1.64. The van der Waals surface area contributed by atoms with E-state index in [1.165, 1.54) is 5.20 Å². The van der Waals surface area contributed by atoms with Crippen LogP contribution in [0.2, 0.25) is 16.6 Å². The Hall–Kier alpha value is -0.153. The molecule has 1 unspecified atom stereocenters. The molecule has 94 valence electrons. The predicted octanol–water partition coefficient (Wildman–Crippen LogP) is 4.46. The van der Waals surface area contributed by atoms with Crippen LogP contribution in [0.3, 0.4) is 0 Å². The Morgan fingerprint density at radius 3 is 1.81 bits per heavy atom. The largest absolute Gasteiger partial charge is 0.341 e. The molecular weight excluding hydrogens is 219 g/mol. The van der Waals surface area contributed by atoms with Gasteiger partial charge >= 0.3 is 0 Å². The molecular formula is C13H25FOSi. The van der Waals surface area contributed by atoms with Crippen LogP contribution in [-0.4, -0.2) is 21.0 Å². The number of hydrogen-bond acceptors (Lipinski definition) is 1. The van der Waals surface area contributed by atoms with E-state index in [1.54, 1.807) is 6.08 Å². The molecule has 0 saturated carbocycles. The summed E-state index contributed by atoms with van der Waals surface area (Å²) in [4.78, 5) is 0. The van der Waals surface area contributed by atoms with Crippen molar-refractivity contribution >= 4 is 8.07 Å². The number of hydrogen-bond donors (Lipinski definition) is 0. The van der Waals surface area contributed by atoms with Crippen LogP contribution in [0, 0.1) is 0 Å². The van der Waals surface area contributed by atoms with Crippen molar-refractivity contribution in [3.63, 3.8) is 0 Å². The molecule has 0 aromatic rings. The van der Waals surface area contributed by atoms with Crippen molar-refractivity contribution in [2.45, 2.75) is 64.5 Å². The topological polar surface area (TPSA) is 9.23 Å². The highest BCUT2D eigenvalue weighted by molar-refractivity contribution is 6.90. The van der Waals surface area contributed by atoms with Crippen LogP contribution in [0.25, 0.3) is 0 Å². The van der Waals surface area contributed by atoms with Crippen molar-refractivity contribution in [3.05, 3.63) is 11.3 Å². The van der Waals surface area contributed by atoms with Gasteiger partial charge in [0.2, 0.25) is 6.36 Å². The maximum Gasteiger partial charge on any atom is 0.218 e. The van der Waals surface area contributed by atoms with Gasteiger partial charge in [-0.15, -0.1) is 0 Å². The molecule has 0 N–H and O–H groups in total. The van der Waals surface area contributed by atoms with Crippen LogP contribution in [0.5, 0.6) is 0 Å². The highest BCUT2D eigenvalue weighted by Gasteiger charge is 2.47. The summed E-state index contributed by atoms with van der Waals surface area (Å²) in [7, 11) is -1.64. The average Bonchev–Trinajstić information content (AvgIpc) is 2.50. The molecule has 0 fully saturated rings. The van der Waals surface area contributed by atoms with E-state index in [1.807, 2.05) is 0 Å². The highest BCUT2D eigenvalue weighted by Crippen LogP contribution is 2.47. The first kappa shape index (κ1) is 13.9. The van der Waals surface area contributed by atoms with Crippen LogP contribution in [-0.2, 0) is 4.74 Å². The zero-order chi connectivity index (χ0) is 12.5. The molecule has 1 aliphatic heterocycles. The second kappa shape index (κ2) is 5.01. The Bertz CT molecular complexity index is 249. The first-order valence-corrected chi connectivity index (χ1v) is 8.53. The second-order valence-corrected chi connectivity index (χ2v) is 11.7. The molecule has 0 aromatic carbocycles. The van der Waals surface area contributed by atoms with Gasteiger partial charge in [-0.2, -0.15) is 0 Å². The smallest absolute Gasteiger partial charge is 0.218 e. The Balaban J connectivity index is 3.17. The zero-order valence-electron chi connectivity index (χ0n) is 11.4. The van der Waals surface area contributed by atoms with E-state index in [9.17, 15) is 4.39 Å². The molecule has 0 bridgehead atoms. The lowest BCUT2D eigenvalue weighted by molar-refractivity contribution is 0.0285. The Labute approximate surface area is 100 Å². The second-order valence-electron chi connectivity index (χ2n) is 5.75. The number of rotatable bonds is 4. The van der Waals surface area contributed by atoms with Gasteiger partial charge in [0.05, 0.1) is 14.7 Å². The quantitative estimate of drug-likeness (QED) is 0.664. The summed E-state index contributed by atoms with van der Waals surface area (Å²) in [5, 5.41) is 1.29. The van der Waals surface area contributed by atoms with Gasteiger partial charge in [0.1, 0.15) is 0 Å². The van der Waals surface area contributed by atoms with Crippen molar-refractivity contribution in [1.29, 1.82) is 0 Å². The maximum absolute atomic E-state index is 13.2. The third-order valence-corrected chi connectivity index (χ3v) is 11.3. The molecule has 1 aliphatic rings. The lowest BCUT2D eigenvalue weighted by Gasteiger charge is -2.44. The molecule has 1 rings (SSSR count). The fourth-order valence-corrected chi connectivity index (χ4v) is 10.8. The fraction of sp³-hybridized carbons (Fsp3) is 0.846. The average molecular weight is 244 g/mol. The Morgan fingerprint density at radius 2 is 1.56 bits per heavy atom. The normalized spacial score (nSPS) is 22.4. The van der Waals surface area contributed by atoms with Gasteiger partial charge in [0.25, 0.3) is 0 Å². The third kappa shape index (κ3) is 2.12. The molecule has 0 spiro atoms. The summed E-state index contributed by atoms with van der Waals surface area (Å²) in [6.07, 6.45) is 0.574. The monoisotopic (exact) mass is 244 g/mol. The molecule has 0 amide bonds. The SMILES string of the molecule is CC(C)[Si](C1=CC(F)OC1)(C(C)C)C(C)C. The van der Waals surface area contributed by atoms with Crippen LogP contribution < -0.4 is 0 Å². The molecule has 1 nitrogen and oxygen atoms in total. The van der Waals surface area contributed by atoms with Crippen LogP contribution in [0.15, 0.2) is 11.3 Å². The highest BCUT2D eigenvalue weighted by atomic mass is 28.3. The minimum Gasteiger partial charge on any atom is -0.341 e. The first-order chi connectivity index (χ1) is 7.33. The molecule has 1 atom stereocenters. The Kier molecular flexibility index (Phi) is 4.35. The third-order valence-electron chi connectivity index (χ3n) is 4.15. The first-order valence-electron chi connectivity index (χ1n) is 6.30. The number of ether oxygens (including phenoxy) is 1. The van der Waals surface area contributed by atoms with Crippen molar-refractivity contribution in [2.75, 3.05) is 6.61 Å². The molecule has 0 aromatic heterocycles. The van der Waals surface area contributed by atoms with Crippen molar-refractivity contribution in [3.8, 4) is 0 Å². The van der Waals surface area contributed by atoms with Crippen LogP contribution in [0.4, 0.5) is 4.39 Å². The fourth-order valence-electron chi connectivity index (χ4n) is 3.81. The lowest BCUT2D eigenvalue weighted by Crippen LogP contribution is -2.47. The summed E-state index contributed by atoms with van der Waals surface area (Å²) < 4.78 is 18.3. The molecule has 0 aliphatic carbocycles. The molecule has 0 radical (unpaired) electrons. The summed E-state index contributed by atoms with van der Waals surface area (Å²) in [5.74, 6) is 0. The minimum absolute atomic E-state index is 0.516. The van der Waals surface area contributed by atoms with E-state index in [0.29, 0.717) is 23.2 Å². The zero-order valence-corrected chi connectivity index (χ0v) is 12.4. The molecule has 16 heavy (non-hydrogen) atoms. The molecule has 0 saturated heterocycles. The van der Waals surface area contributed by atoms with Crippen molar-refractivity contribution in [1.82, 2.24) is 0 Å². The van der Waals surface area contributed by atoms with E-state index in [4.69, 9.17) is 4.74 Å². The number of halogens is 1. The van der Waals surface area contributed by atoms with E-state index in [0.717, 1.165) is 0 Å². The van der Waals surface area contributed by atoms with Crippen LogP contribution >= 0.6 is 0 Å². The predicted molar refractivity (Wildman–Crippen MR) is 70.0 cm³/mol. The van der Waals surface area contributed by atoms with Gasteiger partial charge < -0.3 is 4.74 Å². The van der Waals surface area contributed by atoms with Crippen LogP contribution in [0.1, 0.15) is 41.5 Å². The van der Waals surface area contributed by atoms with Gasteiger partial charge in [-0.05, 0) is 22.7 Å². The van der Waals surface area contributed by atoms with E-state index in [2.05, 4.69) is 41.5 Å². The number of alkyl halides is 1. The van der Waals surface area contributed by atoms with E-state index >= 15 is 0 Å². The summed E-state index contributed by atoms with van der Waals surface area (Å²) in [6, 6.07) is 0. The van der Waals surface area contributed by atoms with Crippen molar-refractivity contribution in [2.24, 2.45) is 0 Å². The maximum atomic E-state index is 13.2. The summed E-state index contributed by atoms with van der Waals surface area (Å²) in [6.45, 7) is 14.3. The van der Waals surface area contributed by atoms with E-state index in [-0.39, 0.29) is 0 Å². The van der Waals surface area contributed by atoms with Gasteiger partial charge in [0.15, 0.2) is 0 Å². The summed E-state index contributed by atoms with van der Waals surface area (Å²) in [5.41, 5.74) is 1.90. The standard InChI is InChI=1S/C13H25FOSi/c1-9(2)16(10(3)4,11(5)6)12-7-13(14)15-8-12/h7,9-11,13H,8H2,1-6H3. The molecule has 3 heteroatoms.